The molecule has 3 aromatic rings. The van der Waals surface area contributed by atoms with Crippen molar-refractivity contribution >= 4 is 11.6 Å². The van der Waals surface area contributed by atoms with Crippen molar-refractivity contribution in [3.8, 4) is 11.3 Å². The number of hydrogen-bond acceptors (Lipinski definition) is 3. The van der Waals surface area contributed by atoms with Crippen molar-refractivity contribution in [2.45, 2.75) is 31.4 Å². The number of halogens is 6. The lowest BCUT2D eigenvalue weighted by molar-refractivity contribution is -0.141. The Morgan fingerprint density at radius 2 is 1.85 bits per heavy atom. The molecule has 1 aromatic carbocycles. The molecule has 1 aliphatic rings. The maximum Gasteiger partial charge on any atom is 0.433 e. The minimum absolute atomic E-state index is 0.184. The van der Waals surface area contributed by atoms with Gasteiger partial charge in [0, 0.05) is 29.4 Å². The van der Waals surface area contributed by atoms with E-state index in [9.17, 15) is 31.1 Å². The van der Waals surface area contributed by atoms with E-state index < -0.39 is 35.6 Å². The molecular formula is C21H13F6N5O. The number of aromatic nitrogens is 3. The Morgan fingerprint density at radius 1 is 1.09 bits per heavy atom. The van der Waals surface area contributed by atoms with Crippen LogP contribution in [0.3, 0.4) is 0 Å². The van der Waals surface area contributed by atoms with Gasteiger partial charge < -0.3 is 5.32 Å². The smallest absolute Gasteiger partial charge is 0.344 e. The monoisotopic (exact) mass is 465 g/mol. The van der Waals surface area contributed by atoms with Crippen molar-refractivity contribution in [1.29, 1.82) is 0 Å². The summed E-state index contributed by atoms with van der Waals surface area (Å²) >= 11 is 0. The summed E-state index contributed by atoms with van der Waals surface area (Å²) in [4.78, 5) is 18.9. The molecule has 33 heavy (non-hydrogen) atoms. The number of benzene rings is 1. The van der Waals surface area contributed by atoms with Crippen molar-refractivity contribution in [1.82, 2.24) is 20.1 Å². The molecule has 170 valence electrons. The van der Waals surface area contributed by atoms with Crippen molar-refractivity contribution in [3.05, 3.63) is 76.5 Å². The van der Waals surface area contributed by atoms with E-state index in [4.69, 9.17) is 6.57 Å². The Balaban J connectivity index is 1.59. The number of nitrogens with one attached hydrogen (secondary N) is 1. The zero-order valence-electron chi connectivity index (χ0n) is 16.5. The summed E-state index contributed by atoms with van der Waals surface area (Å²) in [6, 6.07) is 5.51. The van der Waals surface area contributed by atoms with Crippen molar-refractivity contribution < 1.29 is 31.1 Å². The van der Waals surface area contributed by atoms with E-state index in [0.717, 1.165) is 18.3 Å². The Bertz CT molecular complexity index is 1270. The molecule has 0 spiro atoms. The first-order valence-electron chi connectivity index (χ1n) is 9.47. The van der Waals surface area contributed by atoms with Gasteiger partial charge in [0.15, 0.2) is 5.69 Å². The molecule has 0 saturated carbocycles. The van der Waals surface area contributed by atoms with E-state index in [1.807, 2.05) is 0 Å². The van der Waals surface area contributed by atoms with Crippen LogP contribution >= 0.6 is 0 Å². The molecule has 2 aromatic heterocycles. The predicted molar refractivity (Wildman–Crippen MR) is 103 cm³/mol. The van der Waals surface area contributed by atoms with E-state index in [2.05, 4.69) is 20.2 Å². The fraction of sp³-hybridized carbons (Fsp3) is 0.238. The molecule has 3 heterocycles. The fourth-order valence-electron chi connectivity index (χ4n) is 3.53. The van der Waals surface area contributed by atoms with Crippen LogP contribution < -0.4 is 5.32 Å². The van der Waals surface area contributed by atoms with Crippen LogP contribution in [0.4, 0.5) is 32.0 Å². The second-order valence-corrected chi connectivity index (χ2v) is 7.30. The number of carbonyl (C=O) groups excluding carboxylic acids is 1. The summed E-state index contributed by atoms with van der Waals surface area (Å²) < 4.78 is 79.6. The predicted octanol–water partition coefficient (Wildman–Crippen LogP) is 5.41. The standard InChI is InChI=1S/C21H13F6N5O/c1-28-14-7-12(6-13(9-14)20(22,23)24)19(33)30-15-3-5-32-17(15)10-16(31-32)11-2-4-29-18(8-11)21(25,26)27/h2,4,6-10,15H,3,5H2,(H,30,33). The first-order valence-corrected chi connectivity index (χ1v) is 9.47. The van der Waals surface area contributed by atoms with Gasteiger partial charge in [-0.3, -0.25) is 14.5 Å². The molecular weight excluding hydrogens is 452 g/mol. The number of hydrogen-bond donors (Lipinski definition) is 1. The van der Waals surface area contributed by atoms with Crippen molar-refractivity contribution in [2.24, 2.45) is 0 Å². The summed E-state index contributed by atoms with van der Waals surface area (Å²) in [6.07, 6.45) is -7.93. The van der Waals surface area contributed by atoms with E-state index >= 15 is 0 Å². The number of rotatable bonds is 3. The van der Waals surface area contributed by atoms with Gasteiger partial charge in [0.2, 0.25) is 0 Å². The number of pyridine rings is 1. The van der Waals surface area contributed by atoms with Gasteiger partial charge in [-0.1, -0.05) is 0 Å². The Labute approximate surface area is 182 Å². The molecule has 1 unspecified atom stereocenters. The summed E-state index contributed by atoms with van der Waals surface area (Å²) in [5, 5.41) is 6.89. The molecule has 0 fully saturated rings. The number of alkyl halides is 6. The first-order chi connectivity index (χ1) is 15.5. The van der Waals surface area contributed by atoms with E-state index in [0.29, 0.717) is 30.8 Å². The number of amides is 1. The third-order valence-corrected chi connectivity index (χ3v) is 5.09. The lowest BCUT2D eigenvalue weighted by atomic mass is 10.1. The van der Waals surface area contributed by atoms with Crippen LogP contribution in [-0.4, -0.2) is 20.7 Å². The van der Waals surface area contributed by atoms with E-state index in [1.165, 1.54) is 16.8 Å². The molecule has 1 N–H and O–H groups in total. The van der Waals surface area contributed by atoms with E-state index in [1.54, 1.807) is 0 Å². The van der Waals surface area contributed by atoms with Gasteiger partial charge in [0.1, 0.15) is 5.69 Å². The maximum absolute atomic E-state index is 13.1. The summed E-state index contributed by atoms with van der Waals surface area (Å²) in [7, 11) is 0. The summed E-state index contributed by atoms with van der Waals surface area (Å²) in [5.41, 5.74) is -1.91. The number of nitrogens with zero attached hydrogens (tertiary/aromatic N) is 4. The highest BCUT2D eigenvalue weighted by molar-refractivity contribution is 5.95. The van der Waals surface area contributed by atoms with Gasteiger partial charge in [-0.05, 0) is 42.8 Å². The second kappa shape index (κ2) is 7.91. The highest BCUT2D eigenvalue weighted by atomic mass is 19.4. The van der Waals surface area contributed by atoms with Crippen LogP contribution in [-0.2, 0) is 18.9 Å². The maximum atomic E-state index is 13.1. The average molecular weight is 465 g/mol. The first kappa shape index (κ1) is 22.3. The number of aryl methyl sites for hydroxylation is 1. The molecule has 4 rings (SSSR count). The lowest BCUT2D eigenvalue weighted by Crippen LogP contribution is -2.27. The zero-order chi connectivity index (χ0) is 24.0. The third-order valence-electron chi connectivity index (χ3n) is 5.09. The molecule has 1 aliphatic heterocycles. The highest BCUT2D eigenvalue weighted by Crippen LogP contribution is 2.35. The van der Waals surface area contributed by atoms with Crippen LogP contribution in [0.1, 0.15) is 39.8 Å². The van der Waals surface area contributed by atoms with Crippen LogP contribution in [0.25, 0.3) is 16.1 Å². The van der Waals surface area contributed by atoms with Crippen LogP contribution in [0.2, 0.25) is 0 Å². The van der Waals surface area contributed by atoms with Crippen LogP contribution in [0.15, 0.2) is 42.6 Å². The van der Waals surface area contributed by atoms with Gasteiger partial charge in [-0.25, -0.2) is 4.85 Å². The van der Waals surface area contributed by atoms with Gasteiger partial charge in [0.25, 0.3) is 5.91 Å². The molecule has 6 nitrogen and oxygen atoms in total. The third kappa shape index (κ3) is 4.52. The van der Waals surface area contributed by atoms with Crippen LogP contribution in [0.5, 0.6) is 0 Å². The Kier molecular flexibility index (Phi) is 5.35. The fourth-order valence-corrected chi connectivity index (χ4v) is 3.53. The van der Waals surface area contributed by atoms with Gasteiger partial charge >= 0.3 is 12.4 Å². The average Bonchev–Trinajstić information content (AvgIpc) is 3.34. The number of carbonyl (C=O) groups is 1. The molecule has 1 amide bonds. The van der Waals surface area contributed by atoms with Gasteiger partial charge in [0.05, 0.1) is 24.0 Å². The second-order valence-electron chi connectivity index (χ2n) is 7.30. The minimum Gasteiger partial charge on any atom is -0.344 e. The Morgan fingerprint density at radius 3 is 2.52 bits per heavy atom. The number of fused-ring (bicyclic) bond motifs is 1. The highest BCUT2D eigenvalue weighted by Gasteiger charge is 2.34. The largest absolute Gasteiger partial charge is 0.433 e. The van der Waals surface area contributed by atoms with Gasteiger partial charge in [-0.15, -0.1) is 0 Å². The van der Waals surface area contributed by atoms with E-state index in [-0.39, 0.29) is 22.5 Å². The molecule has 1 atom stereocenters. The molecule has 0 radical (unpaired) electrons. The topological polar surface area (TPSA) is 64.2 Å². The summed E-state index contributed by atoms with van der Waals surface area (Å²) in [5.74, 6) is -0.810. The summed E-state index contributed by atoms with van der Waals surface area (Å²) in [6.45, 7) is 7.34. The lowest BCUT2D eigenvalue weighted by Gasteiger charge is -2.14. The zero-order valence-corrected chi connectivity index (χ0v) is 16.5. The molecule has 0 saturated heterocycles. The molecule has 12 heteroatoms. The molecule has 0 aliphatic carbocycles. The normalized spacial score (nSPS) is 15.7. The molecule has 0 bridgehead atoms. The minimum atomic E-state index is -4.73. The van der Waals surface area contributed by atoms with Crippen LogP contribution in [0, 0.1) is 6.57 Å². The SMILES string of the molecule is [C-]#[N+]c1cc(C(=O)NC2CCn3nc(-c4ccnc(C(F)(F)F)c4)cc32)cc(C(F)(F)F)c1. The quantitative estimate of drug-likeness (QED) is 0.416. The van der Waals surface area contributed by atoms with Crippen molar-refractivity contribution in [3.63, 3.8) is 0 Å². The van der Waals surface area contributed by atoms with Gasteiger partial charge in [-0.2, -0.15) is 31.4 Å². The van der Waals surface area contributed by atoms with Crippen molar-refractivity contribution in [2.75, 3.05) is 0 Å². The Hall–Kier alpha value is -3.88.